The Kier molecular flexibility index (Phi) is 11.8. The van der Waals surface area contributed by atoms with Crippen LogP contribution in [0.2, 0.25) is 0 Å². The van der Waals surface area contributed by atoms with Gasteiger partial charge in [0, 0.05) is 49.9 Å². The third kappa shape index (κ3) is 8.79. The topological polar surface area (TPSA) is 93.9 Å². The molecule has 1 aromatic heterocycles. The Morgan fingerprint density at radius 1 is 0.956 bits per heavy atom. The summed E-state index contributed by atoms with van der Waals surface area (Å²) in [6.07, 6.45) is 5.38. The molecule has 3 N–H and O–H groups in total. The van der Waals surface area contributed by atoms with Crippen LogP contribution in [-0.2, 0) is 17.9 Å². The van der Waals surface area contributed by atoms with Gasteiger partial charge in [-0.3, -0.25) is 4.79 Å². The van der Waals surface area contributed by atoms with Gasteiger partial charge in [-0.15, -0.1) is 0 Å². The fourth-order valence-electron chi connectivity index (χ4n) is 6.54. The van der Waals surface area contributed by atoms with Gasteiger partial charge in [0.2, 0.25) is 0 Å². The zero-order valence-electron chi connectivity index (χ0n) is 26.9. The fourth-order valence-corrected chi connectivity index (χ4v) is 6.54. The number of anilines is 1. The Balaban J connectivity index is 1.44. The molecule has 8 heteroatoms. The molecule has 0 bridgehead atoms. The zero-order valence-corrected chi connectivity index (χ0v) is 26.9. The SMILES string of the molecule is CC(=O)CC(NCc1cccc(C)c1)c1ccc2c(c1)nc(-c1ccc(N(CCO)CCO)cc1)n2CCCN1CCCCC1. The van der Waals surface area contributed by atoms with Crippen molar-refractivity contribution in [2.45, 2.75) is 65.1 Å². The van der Waals surface area contributed by atoms with E-state index in [1.54, 1.807) is 6.92 Å². The van der Waals surface area contributed by atoms with E-state index in [-0.39, 0.29) is 25.0 Å². The first-order valence-electron chi connectivity index (χ1n) is 16.5. The van der Waals surface area contributed by atoms with Gasteiger partial charge in [-0.25, -0.2) is 4.98 Å². The van der Waals surface area contributed by atoms with Crippen LogP contribution in [-0.4, -0.2) is 76.4 Å². The van der Waals surface area contributed by atoms with Crippen molar-refractivity contribution in [1.82, 2.24) is 19.8 Å². The molecule has 4 aromatic rings. The second kappa shape index (κ2) is 16.1. The number of aromatic nitrogens is 2. The summed E-state index contributed by atoms with van der Waals surface area (Å²) in [7, 11) is 0. The minimum Gasteiger partial charge on any atom is -0.395 e. The number of rotatable bonds is 16. The van der Waals surface area contributed by atoms with E-state index in [2.05, 4.69) is 76.3 Å². The van der Waals surface area contributed by atoms with E-state index in [0.717, 1.165) is 53.2 Å². The van der Waals surface area contributed by atoms with Crippen LogP contribution in [0.25, 0.3) is 22.4 Å². The van der Waals surface area contributed by atoms with Gasteiger partial charge in [-0.2, -0.15) is 0 Å². The van der Waals surface area contributed by atoms with Gasteiger partial charge < -0.3 is 29.9 Å². The molecule has 0 radical (unpaired) electrons. The van der Waals surface area contributed by atoms with Crippen LogP contribution in [0.3, 0.4) is 0 Å². The molecule has 45 heavy (non-hydrogen) atoms. The fraction of sp³-hybridized carbons (Fsp3) is 0.459. The van der Waals surface area contributed by atoms with E-state index < -0.39 is 0 Å². The van der Waals surface area contributed by atoms with Gasteiger partial charge in [0.05, 0.1) is 24.2 Å². The Hall–Kier alpha value is -3.56. The Morgan fingerprint density at radius 3 is 2.40 bits per heavy atom. The van der Waals surface area contributed by atoms with Gasteiger partial charge in [0.1, 0.15) is 11.6 Å². The maximum absolute atomic E-state index is 12.3. The quantitative estimate of drug-likeness (QED) is 0.154. The second-order valence-electron chi connectivity index (χ2n) is 12.4. The van der Waals surface area contributed by atoms with Crippen LogP contribution < -0.4 is 10.2 Å². The number of nitrogens with zero attached hydrogens (tertiary/aromatic N) is 4. The molecule has 0 aliphatic carbocycles. The number of carbonyl (C=O) groups is 1. The number of carbonyl (C=O) groups excluding carboxylic acids is 1. The molecule has 0 amide bonds. The first-order chi connectivity index (χ1) is 21.9. The molecule has 8 nitrogen and oxygen atoms in total. The number of imidazole rings is 1. The van der Waals surface area contributed by atoms with Gasteiger partial charge in [-0.1, -0.05) is 42.3 Å². The number of aliphatic hydroxyl groups is 2. The Bertz CT molecular complexity index is 1520. The van der Waals surface area contributed by atoms with E-state index in [1.807, 2.05) is 17.0 Å². The van der Waals surface area contributed by atoms with Crippen molar-refractivity contribution in [3.63, 3.8) is 0 Å². The molecular weight excluding hydrogens is 562 g/mol. The standard InChI is InChI=1S/C37H49N5O3/c1-28-8-6-9-30(24-28)27-38-34(25-29(2)45)32-12-15-36-35(26-32)39-37(42(36)19-7-18-40-16-4-3-5-17-40)31-10-13-33(14-11-31)41(20-22-43)21-23-44/h6,8-15,24,26,34,38,43-44H,3-5,7,16-23,25,27H2,1-2H3. The lowest BCUT2D eigenvalue weighted by molar-refractivity contribution is -0.117. The molecule has 1 unspecified atom stereocenters. The van der Waals surface area contributed by atoms with Gasteiger partial charge >= 0.3 is 0 Å². The van der Waals surface area contributed by atoms with Gasteiger partial charge in [-0.05, 0) is 100 Å². The van der Waals surface area contributed by atoms with E-state index >= 15 is 0 Å². The maximum Gasteiger partial charge on any atom is 0.141 e. The van der Waals surface area contributed by atoms with Crippen LogP contribution in [0.15, 0.2) is 66.7 Å². The molecule has 240 valence electrons. The summed E-state index contributed by atoms with van der Waals surface area (Å²) in [5.74, 6) is 1.08. The van der Waals surface area contributed by atoms with E-state index in [9.17, 15) is 15.0 Å². The molecule has 2 heterocycles. The highest BCUT2D eigenvalue weighted by molar-refractivity contribution is 5.82. The Labute approximate surface area is 267 Å². The molecule has 1 aliphatic heterocycles. The number of fused-ring (bicyclic) bond motifs is 1. The zero-order chi connectivity index (χ0) is 31.6. The molecule has 1 fully saturated rings. The molecule has 1 saturated heterocycles. The number of aryl methyl sites for hydroxylation is 2. The van der Waals surface area contributed by atoms with Gasteiger partial charge in [0.15, 0.2) is 0 Å². The number of likely N-dealkylation sites (tertiary alicyclic amines) is 1. The third-order valence-electron chi connectivity index (χ3n) is 8.84. The lowest BCUT2D eigenvalue weighted by atomic mass is 10.0. The predicted molar refractivity (Wildman–Crippen MR) is 183 cm³/mol. The lowest BCUT2D eigenvalue weighted by Crippen LogP contribution is -2.31. The lowest BCUT2D eigenvalue weighted by Gasteiger charge is -2.26. The van der Waals surface area contributed by atoms with Crippen molar-refractivity contribution >= 4 is 22.5 Å². The van der Waals surface area contributed by atoms with Crippen LogP contribution >= 0.6 is 0 Å². The highest BCUT2D eigenvalue weighted by Gasteiger charge is 2.19. The monoisotopic (exact) mass is 611 g/mol. The number of piperidine rings is 1. The molecule has 1 aliphatic rings. The molecule has 0 saturated carbocycles. The molecule has 3 aromatic carbocycles. The molecular formula is C37H49N5O3. The number of hydrogen-bond acceptors (Lipinski definition) is 7. The van der Waals surface area contributed by atoms with Crippen molar-refractivity contribution < 1.29 is 15.0 Å². The molecule has 1 atom stereocenters. The van der Waals surface area contributed by atoms with Gasteiger partial charge in [0.25, 0.3) is 0 Å². The van der Waals surface area contributed by atoms with Crippen LogP contribution in [0, 0.1) is 6.92 Å². The highest BCUT2D eigenvalue weighted by Crippen LogP contribution is 2.30. The first-order valence-corrected chi connectivity index (χ1v) is 16.5. The third-order valence-corrected chi connectivity index (χ3v) is 8.84. The number of ketones is 1. The summed E-state index contributed by atoms with van der Waals surface area (Å²) in [4.78, 5) is 22.1. The van der Waals surface area contributed by atoms with E-state index in [1.165, 1.54) is 43.5 Å². The minimum atomic E-state index is -0.108. The van der Waals surface area contributed by atoms with Crippen molar-refractivity contribution in [2.24, 2.45) is 0 Å². The van der Waals surface area contributed by atoms with Crippen molar-refractivity contribution in [3.05, 3.63) is 83.4 Å². The second-order valence-corrected chi connectivity index (χ2v) is 12.4. The van der Waals surface area contributed by atoms with Crippen LogP contribution in [0.1, 0.15) is 61.8 Å². The summed E-state index contributed by atoms with van der Waals surface area (Å²) in [5, 5.41) is 22.6. The normalized spacial score (nSPS) is 14.6. The summed E-state index contributed by atoms with van der Waals surface area (Å²) < 4.78 is 2.34. The number of hydrogen-bond donors (Lipinski definition) is 3. The van der Waals surface area contributed by atoms with Crippen molar-refractivity contribution in [2.75, 3.05) is 50.8 Å². The van der Waals surface area contributed by atoms with Crippen molar-refractivity contribution in [3.8, 4) is 11.4 Å². The molecule has 0 spiro atoms. The maximum atomic E-state index is 12.3. The summed E-state index contributed by atoms with van der Waals surface area (Å²) >= 11 is 0. The highest BCUT2D eigenvalue weighted by atomic mass is 16.3. The largest absolute Gasteiger partial charge is 0.395 e. The van der Waals surface area contributed by atoms with E-state index in [0.29, 0.717) is 26.1 Å². The Morgan fingerprint density at radius 2 is 1.71 bits per heavy atom. The smallest absolute Gasteiger partial charge is 0.141 e. The molecule has 5 rings (SSSR count). The summed E-state index contributed by atoms with van der Waals surface area (Å²) in [6, 6.07) is 23.1. The van der Waals surface area contributed by atoms with Crippen LogP contribution in [0.4, 0.5) is 5.69 Å². The number of nitrogens with one attached hydrogen (secondary N) is 1. The summed E-state index contributed by atoms with van der Waals surface area (Å²) in [5.41, 5.74) is 7.50. The number of benzene rings is 3. The van der Waals surface area contributed by atoms with Crippen LogP contribution in [0.5, 0.6) is 0 Å². The van der Waals surface area contributed by atoms with E-state index in [4.69, 9.17) is 4.98 Å². The van der Waals surface area contributed by atoms with Crippen molar-refractivity contribution in [1.29, 1.82) is 0 Å². The first kappa shape index (κ1) is 32.8. The number of Topliss-reactive ketones (excluding diaryl/α,β-unsaturated/α-hetero) is 1. The minimum absolute atomic E-state index is 0.0291. The predicted octanol–water partition coefficient (Wildman–Crippen LogP) is 5.49. The average molecular weight is 612 g/mol. The summed E-state index contributed by atoms with van der Waals surface area (Å²) in [6.45, 7) is 9.76. The number of aliphatic hydroxyl groups excluding tert-OH is 2. The average Bonchev–Trinajstić information content (AvgIpc) is 3.41.